The summed E-state index contributed by atoms with van der Waals surface area (Å²) in [4.78, 5) is 73.0. The van der Waals surface area contributed by atoms with Gasteiger partial charge in [-0.05, 0) is 70.8 Å². The third kappa shape index (κ3) is 14.9. The molecule has 0 aromatic heterocycles. The third-order valence-electron chi connectivity index (χ3n) is 14.6. The van der Waals surface area contributed by atoms with Crippen LogP contribution in [0.25, 0.3) is 0 Å². The average molecular weight is 1040 g/mol. The molecule has 6 aromatic carbocycles. The highest BCUT2D eigenvalue weighted by Crippen LogP contribution is 2.53. The molecule has 2 amide bonds. The maximum Gasteiger partial charge on any atom is 0.315 e. The maximum absolute atomic E-state index is 15.0. The molecule has 0 bridgehead atoms. The Hall–Kier alpha value is -6.40. The van der Waals surface area contributed by atoms with Gasteiger partial charge in [0.1, 0.15) is 11.8 Å². The summed E-state index contributed by atoms with van der Waals surface area (Å²) in [5.74, 6) is -3.38. The van der Waals surface area contributed by atoms with Crippen molar-refractivity contribution in [2.24, 2.45) is 11.8 Å². The highest BCUT2D eigenvalue weighted by atomic mass is 32.2. The molecule has 0 radical (unpaired) electrons. The van der Waals surface area contributed by atoms with Gasteiger partial charge in [-0.2, -0.15) is 0 Å². The number of amides is 2. The van der Waals surface area contributed by atoms with E-state index in [0.29, 0.717) is 6.04 Å². The van der Waals surface area contributed by atoms with Crippen LogP contribution in [0.2, 0.25) is 10.1 Å². The predicted molar refractivity (Wildman–Crippen MR) is 308 cm³/mol. The first-order chi connectivity index (χ1) is 35.8. The Morgan fingerprint density at radius 3 is 1.29 bits per heavy atom. The smallest absolute Gasteiger partial charge is 0.315 e. The fourth-order valence-electron chi connectivity index (χ4n) is 10.2. The molecule has 0 saturated heterocycles. The van der Waals surface area contributed by atoms with Gasteiger partial charge in [0.05, 0.1) is 22.7 Å². The zero-order valence-electron chi connectivity index (χ0n) is 45.3. The molecule has 6 aromatic rings. The van der Waals surface area contributed by atoms with E-state index in [1.807, 2.05) is 133 Å². The molecule has 0 spiro atoms. The van der Waals surface area contributed by atoms with Crippen LogP contribution < -0.4 is 16.0 Å². The maximum atomic E-state index is 15.0. The minimum atomic E-state index is -3.10. The molecule has 394 valence electrons. The number of nitrogens with one attached hydrogen (secondary N) is 3. The minimum absolute atomic E-state index is 0.0614. The fourth-order valence-corrected chi connectivity index (χ4v) is 17.2. The van der Waals surface area contributed by atoms with Gasteiger partial charge in [-0.1, -0.05) is 224 Å². The van der Waals surface area contributed by atoms with E-state index in [1.165, 1.54) is 0 Å². The zero-order chi connectivity index (χ0) is 54.2. The quantitative estimate of drug-likeness (QED) is 0.0382. The van der Waals surface area contributed by atoms with E-state index in [0.717, 1.165) is 33.4 Å². The molecule has 6 rings (SSSR count). The van der Waals surface area contributed by atoms with Gasteiger partial charge in [0.2, 0.25) is 11.8 Å². The van der Waals surface area contributed by atoms with Crippen molar-refractivity contribution in [3.63, 3.8) is 0 Å². The van der Waals surface area contributed by atoms with Crippen LogP contribution in [-0.2, 0) is 52.0 Å². The summed E-state index contributed by atoms with van der Waals surface area (Å²) in [7, 11) is -1.38. The number of benzene rings is 6. The molecule has 5 atom stereocenters. The number of thioether (sulfide) groups is 1. The van der Waals surface area contributed by atoms with Gasteiger partial charge in [-0.15, -0.1) is 11.8 Å². The lowest BCUT2D eigenvalue weighted by Gasteiger charge is -2.50. The second-order valence-corrected chi connectivity index (χ2v) is 28.4. The molecule has 0 aliphatic carbocycles. The first-order valence-electron chi connectivity index (χ1n) is 26.3. The van der Waals surface area contributed by atoms with Gasteiger partial charge in [0.25, 0.3) is 8.32 Å². The van der Waals surface area contributed by atoms with E-state index in [4.69, 9.17) is 4.43 Å². The number of likely N-dealkylation sites (N-methyl/N-ethyl adjacent to an activating group) is 1. The number of hydrogen-bond donors (Lipinski definition) is 3. The monoisotopic (exact) mass is 1040 g/mol. The molecule has 0 heterocycles. The molecule has 0 unspecified atom stereocenters. The Morgan fingerprint density at radius 2 is 0.867 bits per heavy atom. The number of carbonyl (C=O) groups is 5. The van der Waals surface area contributed by atoms with Gasteiger partial charge < -0.3 is 20.4 Å². The molecular weight excluding hydrogens is 967 g/mol. The first-order valence-corrected chi connectivity index (χ1v) is 29.4. The third-order valence-corrected chi connectivity index (χ3v) is 22.6. The standard InChI is InChI=1S/C64H77N3O6SSi/c1-46(65-9)57(68)43-52(44-74-64(53-34-22-13-23-35-53,54-36-24-14-25-37-54)55-38-26-15-27-39-55)60(71)66-47(2)58(69)42-51(40-48-28-16-10-17-29-48)59(70)67-56(41-49-30-18-11-19-31-49)61(72)73-75(62(3,4)5,63(6,7)8)45-50-32-20-12-21-33-50/h10-39,46-47,51-52,56,65H,40-45H2,1-9H3,(H,66,71)(H,67,70)/t46-,47-,51+,52-,56-/m0/s1. The molecule has 0 aliphatic heterocycles. The van der Waals surface area contributed by atoms with Gasteiger partial charge in [0, 0.05) is 37.0 Å². The van der Waals surface area contributed by atoms with Crippen molar-refractivity contribution in [2.45, 2.75) is 120 Å². The summed E-state index contributed by atoms with van der Waals surface area (Å²) in [5, 5.41) is 8.34. The number of carbonyl (C=O) groups excluding carboxylic acids is 5. The molecule has 0 fully saturated rings. The first kappa shape index (κ1) is 57.9. The van der Waals surface area contributed by atoms with E-state index < -0.39 is 70.9 Å². The number of hydrogen-bond acceptors (Lipinski definition) is 8. The van der Waals surface area contributed by atoms with Crippen LogP contribution in [0.4, 0.5) is 0 Å². The molecule has 75 heavy (non-hydrogen) atoms. The van der Waals surface area contributed by atoms with Crippen LogP contribution in [0.3, 0.4) is 0 Å². The molecule has 0 saturated carbocycles. The summed E-state index contributed by atoms with van der Waals surface area (Å²) in [6.45, 7) is 16.3. The highest BCUT2D eigenvalue weighted by molar-refractivity contribution is 8.00. The predicted octanol–water partition coefficient (Wildman–Crippen LogP) is 11.8. The van der Waals surface area contributed by atoms with Crippen molar-refractivity contribution in [1.82, 2.24) is 16.0 Å². The van der Waals surface area contributed by atoms with Crippen molar-refractivity contribution in [3.8, 4) is 0 Å². The number of rotatable bonds is 25. The van der Waals surface area contributed by atoms with Crippen LogP contribution in [-0.4, -0.2) is 68.6 Å². The Labute approximate surface area is 451 Å². The minimum Gasteiger partial charge on any atom is -0.516 e. The van der Waals surface area contributed by atoms with Crippen LogP contribution >= 0.6 is 11.8 Å². The highest BCUT2D eigenvalue weighted by Gasteiger charge is 2.58. The van der Waals surface area contributed by atoms with E-state index in [9.17, 15) is 19.2 Å². The van der Waals surface area contributed by atoms with Gasteiger partial charge in [0.15, 0.2) is 5.78 Å². The van der Waals surface area contributed by atoms with Crippen molar-refractivity contribution in [2.75, 3.05) is 12.8 Å². The number of ketones is 2. The Kier molecular flexibility index (Phi) is 20.4. The lowest BCUT2D eigenvalue weighted by molar-refractivity contribution is -0.142. The summed E-state index contributed by atoms with van der Waals surface area (Å²) in [6, 6.07) is 57.7. The van der Waals surface area contributed by atoms with Crippen LogP contribution in [0.15, 0.2) is 182 Å². The second kappa shape index (κ2) is 26.4. The van der Waals surface area contributed by atoms with E-state index in [-0.39, 0.29) is 43.0 Å². The van der Waals surface area contributed by atoms with Crippen molar-refractivity contribution in [3.05, 3.63) is 215 Å². The number of Topliss-reactive ketones (excluding diaryl/α,β-unsaturated/α-hetero) is 2. The van der Waals surface area contributed by atoms with Crippen LogP contribution in [0.5, 0.6) is 0 Å². The van der Waals surface area contributed by atoms with Crippen molar-refractivity contribution < 1.29 is 28.4 Å². The molecule has 11 heteroatoms. The van der Waals surface area contributed by atoms with Crippen molar-refractivity contribution in [1.29, 1.82) is 0 Å². The Balaban J connectivity index is 1.29. The summed E-state index contributed by atoms with van der Waals surface area (Å²) >= 11 is 1.58. The van der Waals surface area contributed by atoms with Gasteiger partial charge in [-0.25, -0.2) is 0 Å². The fraction of sp³-hybridized carbons (Fsp3) is 0.359. The summed E-state index contributed by atoms with van der Waals surface area (Å²) in [5.41, 5.74) is 5.82. The van der Waals surface area contributed by atoms with E-state index in [2.05, 4.69) is 106 Å². The SMILES string of the molecule is CN[C@@H](C)C(=O)C[C@@H](CSC(c1ccccc1)(c1ccccc1)c1ccccc1)C(=O)N[C@@H](C)C(=O)C[C@@H](Cc1ccccc1)C(=O)N[C@@H](Cc1ccccc1)C(=O)O[Si](Cc1ccccc1)(C(C)(C)C)C(C)(C)C. The second-order valence-electron chi connectivity index (χ2n) is 21.9. The average Bonchev–Trinajstić information content (AvgIpc) is 3.40. The normalized spacial score (nSPS) is 14.1. The van der Waals surface area contributed by atoms with Gasteiger partial charge >= 0.3 is 5.97 Å². The molecule has 0 aliphatic rings. The van der Waals surface area contributed by atoms with E-state index in [1.54, 1.807) is 32.7 Å². The molecule has 9 nitrogen and oxygen atoms in total. The molecule has 3 N–H and O–H groups in total. The largest absolute Gasteiger partial charge is 0.516 e. The lowest BCUT2D eigenvalue weighted by atomic mass is 9.84. The molecular formula is C64H77N3O6SSi. The van der Waals surface area contributed by atoms with Crippen LogP contribution in [0, 0.1) is 11.8 Å². The zero-order valence-corrected chi connectivity index (χ0v) is 47.1. The Bertz CT molecular complexity index is 2660. The Morgan fingerprint density at radius 1 is 0.493 bits per heavy atom. The topological polar surface area (TPSA) is 131 Å². The van der Waals surface area contributed by atoms with Crippen molar-refractivity contribution >= 4 is 49.4 Å². The lowest BCUT2D eigenvalue weighted by Crippen LogP contribution is -2.60. The summed E-state index contributed by atoms with van der Waals surface area (Å²) in [6.07, 6.45) is 0.103. The van der Waals surface area contributed by atoms with Crippen LogP contribution in [0.1, 0.15) is 102 Å². The van der Waals surface area contributed by atoms with Gasteiger partial charge in [-0.3, -0.25) is 24.0 Å². The summed E-state index contributed by atoms with van der Waals surface area (Å²) < 4.78 is 6.24. The van der Waals surface area contributed by atoms with E-state index >= 15 is 4.79 Å².